The number of carbonyl (C=O) groups excluding carboxylic acids is 2. The summed E-state index contributed by atoms with van der Waals surface area (Å²) in [6.07, 6.45) is 3.08. The van der Waals surface area contributed by atoms with Crippen LogP contribution >= 0.6 is 11.3 Å². The van der Waals surface area contributed by atoms with Crippen molar-refractivity contribution in [3.8, 4) is 0 Å². The molecule has 1 amide bonds. The first-order valence-electron chi connectivity index (χ1n) is 6.50. The van der Waals surface area contributed by atoms with Crippen molar-refractivity contribution in [1.29, 1.82) is 0 Å². The molecular weight excluding hydrogens is 272 g/mol. The monoisotopic (exact) mass is 286 g/mol. The maximum absolute atomic E-state index is 12.3. The number of amides is 1. The lowest BCUT2D eigenvalue weighted by Gasteiger charge is -2.22. The molecule has 0 spiro atoms. The van der Waals surface area contributed by atoms with E-state index in [1.54, 1.807) is 23.6 Å². The number of Topliss-reactive ketones (excluding diaryl/α,β-unsaturated/α-hetero) is 1. The van der Waals surface area contributed by atoms with Gasteiger partial charge in [0.25, 0.3) is 5.91 Å². The Morgan fingerprint density at radius 1 is 1.45 bits per heavy atom. The maximum atomic E-state index is 12.3. The largest absolute Gasteiger partial charge is 0.340 e. The summed E-state index contributed by atoms with van der Waals surface area (Å²) in [5, 5.41) is 4.74. The third-order valence-electron chi connectivity index (χ3n) is 3.52. The lowest BCUT2D eigenvalue weighted by molar-refractivity contribution is 0.0843. The minimum absolute atomic E-state index is 0.00874. The Balaban J connectivity index is 1.78. The summed E-state index contributed by atoms with van der Waals surface area (Å²) in [7, 11) is 0. The molecule has 102 valence electrons. The van der Waals surface area contributed by atoms with E-state index < -0.39 is 6.04 Å². The molecule has 0 saturated carbocycles. The number of carbonyl (C=O) groups is 2. The van der Waals surface area contributed by atoms with Crippen LogP contribution in [0.2, 0.25) is 0 Å². The van der Waals surface area contributed by atoms with Crippen LogP contribution in [0, 0.1) is 6.92 Å². The molecule has 1 atom stereocenters. The van der Waals surface area contributed by atoms with Gasteiger partial charge in [0.2, 0.25) is 0 Å². The molecule has 0 bridgehead atoms. The summed E-state index contributed by atoms with van der Waals surface area (Å²) in [6.45, 7) is 1.83. The van der Waals surface area contributed by atoms with Crippen molar-refractivity contribution in [1.82, 2.24) is 10.3 Å². The van der Waals surface area contributed by atoms with E-state index in [4.69, 9.17) is 0 Å². The van der Waals surface area contributed by atoms with Crippen LogP contribution in [-0.4, -0.2) is 22.7 Å². The summed E-state index contributed by atoms with van der Waals surface area (Å²) in [5.41, 5.74) is 1.95. The van der Waals surface area contributed by atoms with Gasteiger partial charge in [-0.1, -0.05) is 6.07 Å². The van der Waals surface area contributed by atoms with E-state index in [1.807, 2.05) is 24.4 Å². The molecule has 1 N–H and O–H groups in total. The van der Waals surface area contributed by atoms with E-state index >= 15 is 0 Å². The second-order valence-corrected chi connectivity index (χ2v) is 5.86. The first-order chi connectivity index (χ1) is 9.66. The second-order valence-electron chi connectivity index (χ2n) is 4.86. The first-order valence-corrected chi connectivity index (χ1v) is 7.38. The van der Waals surface area contributed by atoms with Crippen molar-refractivity contribution in [3.05, 3.63) is 51.5 Å². The van der Waals surface area contributed by atoms with Crippen LogP contribution in [0.15, 0.2) is 29.8 Å². The third-order valence-corrected chi connectivity index (χ3v) is 4.50. The highest BCUT2D eigenvalue weighted by Crippen LogP contribution is 2.26. The molecule has 3 rings (SSSR count). The number of rotatable bonds is 2. The number of nitrogens with zero attached hydrogens (tertiary/aromatic N) is 1. The molecule has 2 aromatic rings. The Hall–Kier alpha value is -2.01. The summed E-state index contributed by atoms with van der Waals surface area (Å²) < 4.78 is 0. The van der Waals surface area contributed by atoms with Gasteiger partial charge in [-0.05, 0) is 42.8 Å². The molecule has 0 fully saturated rings. The molecule has 5 heteroatoms. The van der Waals surface area contributed by atoms with Crippen LogP contribution in [0.25, 0.3) is 0 Å². The van der Waals surface area contributed by atoms with Gasteiger partial charge in [0.1, 0.15) is 5.69 Å². The van der Waals surface area contributed by atoms with Gasteiger partial charge in [-0.3, -0.25) is 14.6 Å². The van der Waals surface area contributed by atoms with E-state index in [2.05, 4.69) is 10.3 Å². The average molecular weight is 286 g/mol. The van der Waals surface area contributed by atoms with Crippen LogP contribution < -0.4 is 5.32 Å². The van der Waals surface area contributed by atoms with Gasteiger partial charge in [0, 0.05) is 16.6 Å². The number of aromatic nitrogens is 1. The summed E-state index contributed by atoms with van der Waals surface area (Å²) in [4.78, 5) is 29.7. The normalized spacial score (nSPS) is 17.6. The van der Waals surface area contributed by atoms with Crippen LogP contribution in [0.1, 0.15) is 37.7 Å². The standard InChI is InChI=1S/C15H14N2O2S/c1-9-3-2-7-16-13(9)15(19)17-11-4-5-12-10(14(11)18)6-8-20-12/h2-3,6-8,11H,4-5H2,1H3,(H,17,19). The Labute approximate surface area is 120 Å². The van der Waals surface area contributed by atoms with E-state index in [1.165, 1.54) is 0 Å². The van der Waals surface area contributed by atoms with Crippen LogP contribution in [-0.2, 0) is 6.42 Å². The predicted octanol–water partition coefficient (Wildman–Crippen LogP) is 2.38. The van der Waals surface area contributed by atoms with E-state index in [0.29, 0.717) is 12.1 Å². The minimum atomic E-state index is -0.439. The number of nitrogens with one attached hydrogen (secondary N) is 1. The molecule has 20 heavy (non-hydrogen) atoms. The smallest absolute Gasteiger partial charge is 0.270 e. The third kappa shape index (κ3) is 2.25. The molecule has 1 aliphatic carbocycles. The van der Waals surface area contributed by atoms with Crippen molar-refractivity contribution in [2.45, 2.75) is 25.8 Å². The zero-order valence-corrected chi connectivity index (χ0v) is 11.9. The highest BCUT2D eigenvalue weighted by atomic mass is 32.1. The van der Waals surface area contributed by atoms with Gasteiger partial charge in [-0.25, -0.2) is 0 Å². The van der Waals surface area contributed by atoms with Gasteiger partial charge in [0.15, 0.2) is 5.78 Å². The second kappa shape index (κ2) is 5.17. The van der Waals surface area contributed by atoms with Crippen molar-refractivity contribution >= 4 is 23.0 Å². The highest BCUT2D eigenvalue weighted by Gasteiger charge is 2.29. The maximum Gasteiger partial charge on any atom is 0.270 e. The molecule has 1 unspecified atom stereocenters. The van der Waals surface area contributed by atoms with E-state index in [-0.39, 0.29) is 11.7 Å². The fourth-order valence-corrected chi connectivity index (χ4v) is 3.34. The number of ketones is 1. The van der Waals surface area contributed by atoms with Gasteiger partial charge < -0.3 is 5.32 Å². The number of thiophene rings is 1. The average Bonchev–Trinajstić information content (AvgIpc) is 2.91. The number of hydrogen-bond acceptors (Lipinski definition) is 4. The van der Waals surface area contributed by atoms with Crippen molar-refractivity contribution in [3.63, 3.8) is 0 Å². The molecule has 0 aromatic carbocycles. The zero-order valence-electron chi connectivity index (χ0n) is 11.1. The zero-order chi connectivity index (χ0) is 14.1. The summed E-state index contributed by atoms with van der Waals surface area (Å²) in [5.74, 6) is -0.269. The number of fused-ring (bicyclic) bond motifs is 1. The quantitative estimate of drug-likeness (QED) is 0.922. The molecule has 2 aromatic heterocycles. The lowest BCUT2D eigenvalue weighted by atomic mass is 9.93. The summed E-state index contributed by atoms with van der Waals surface area (Å²) >= 11 is 1.60. The molecule has 2 heterocycles. The van der Waals surface area contributed by atoms with Gasteiger partial charge in [-0.15, -0.1) is 11.3 Å². The summed E-state index contributed by atoms with van der Waals surface area (Å²) in [6, 6.07) is 5.02. The number of aryl methyl sites for hydroxylation is 2. The molecule has 1 aliphatic rings. The number of hydrogen-bond donors (Lipinski definition) is 1. The van der Waals surface area contributed by atoms with Crippen molar-refractivity contribution in [2.75, 3.05) is 0 Å². The van der Waals surface area contributed by atoms with Gasteiger partial charge in [-0.2, -0.15) is 0 Å². The first kappa shape index (κ1) is 13.0. The molecular formula is C15H14N2O2S. The lowest BCUT2D eigenvalue weighted by Crippen LogP contribution is -2.43. The highest BCUT2D eigenvalue weighted by molar-refractivity contribution is 7.10. The van der Waals surface area contributed by atoms with Crippen molar-refractivity contribution in [2.24, 2.45) is 0 Å². The van der Waals surface area contributed by atoms with E-state index in [9.17, 15) is 9.59 Å². The molecule has 4 nitrogen and oxygen atoms in total. The van der Waals surface area contributed by atoms with Crippen molar-refractivity contribution < 1.29 is 9.59 Å². The Morgan fingerprint density at radius 3 is 3.10 bits per heavy atom. The Bertz CT molecular complexity index is 678. The topological polar surface area (TPSA) is 59.1 Å². The SMILES string of the molecule is Cc1cccnc1C(=O)NC1CCc2sccc2C1=O. The Morgan fingerprint density at radius 2 is 2.30 bits per heavy atom. The number of pyridine rings is 1. The van der Waals surface area contributed by atoms with Crippen LogP contribution in [0.3, 0.4) is 0 Å². The molecule has 0 saturated heterocycles. The molecule has 0 radical (unpaired) electrons. The predicted molar refractivity (Wildman–Crippen MR) is 77.2 cm³/mol. The van der Waals surface area contributed by atoms with Gasteiger partial charge >= 0.3 is 0 Å². The van der Waals surface area contributed by atoms with Crippen LogP contribution in [0.5, 0.6) is 0 Å². The fraction of sp³-hybridized carbons (Fsp3) is 0.267. The van der Waals surface area contributed by atoms with Crippen LogP contribution in [0.4, 0.5) is 0 Å². The minimum Gasteiger partial charge on any atom is -0.340 e. The molecule has 0 aliphatic heterocycles. The fourth-order valence-electron chi connectivity index (χ4n) is 2.44. The van der Waals surface area contributed by atoms with Gasteiger partial charge in [0.05, 0.1) is 6.04 Å². The van der Waals surface area contributed by atoms with E-state index in [0.717, 1.165) is 22.4 Å². The Kier molecular flexibility index (Phi) is 3.36.